The molecule has 0 radical (unpaired) electrons. The van der Waals surface area contributed by atoms with Gasteiger partial charge in [-0.3, -0.25) is 0 Å². The van der Waals surface area contributed by atoms with Gasteiger partial charge in [-0.1, -0.05) is 23.3 Å². The second-order valence-corrected chi connectivity index (χ2v) is 4.37. The molecule has 0 bridgehead atoms. The van der Waals surface area contributed by atoms with E-state index in [0.717, 1.165) is 18.5 Å². The van der Waals surface area contributed by atoms with Crippen LogP contribution in [0.4, 0.5) is 5.95 Å². The maximum absolute atomic E-state index is 9.15. The molecule has 6 heteroatoms. The molecule has 1 fully saturated rings. The number of benzene rings is 1. The first-order valence-electron chi connectivity index (χ1n) is 6.11. The second kappa shape index (κ2) is 4.73. The van der Waals surface area contributed by atoms with Crippen molar-refractivity contribution in [3.05, 3.63) is 30.3 Å². The number of aliphatic hydroxyl groups excluding tert-OH is 1. The maximum Gasteiger partial charge on any atom is 0.250 e. The standard InChI is InChI=1S/C12H15N5O/c18-9-8-16(10-6-7-10)12-13-14-15-17(12)11-4-2-1-3-5-11/h1-5,10,18H,6-9H2. The Morgan fingerprint density at radius 1 is 1.28 bits per heavy atom. The summed E-state index contributed by atoms with van der Waals surface area (Å²) in [4.78, 5) is 2.08. The van der Waals surface area contributed by atoms with Crippen molar-refractivity contribution >= 4 is 5.95 Å². The molecular weight excluding hydrogens is 230 g/mol. The van der Waals surface area contributed by atoms with Gasteiger partial charge in [0.15, 0.2) is 0 Å². The molecule has 1 aliphatic rings. The molecule has 0 atom stereocenters. The number of anilines is 1. The van der Waals surface area contributed by atoms with Crippen LogP contribution in [0.2, 0.25) is 0 Å². The molecule has 0 amide bonds. The van der Waals surface area contributed by atoms with E-state index < -0.39 is 0 Å². The lowest BCUT2D eigenvalue weighted by molar-refractivity contribution is 0.300. The van der Waals surface area contributed by atoms with E-state index in [1.165, 1.54) is 0 Å². The summed E-state index contributed by atoms with van der Waals surface area (Å²) in [6, 6.07) is 10.3. The Hall–Kier alpha value is -1.95. The smallest absolute Gasteiger partial charge is 0.250 e. The molecule has 1 aliphatic carbocycles. The van der Waals surface area contributed by atoms with Crippen molar-refractivity contribution in [2.75, 3.05) is 18.1 Å². The van der Waals surface area contributed by atoms with Crippen LogP contribution < -0.4 is 4.90 Å². The van der Waals surface area contributed by atoms with Crippen molar-refractivity contribution in [2.24, 2.45) is 0 Å². The Kier molecular flexibility index (Phi) is 2.93. The molecule has 6 nitrogen and oxygen atoms in total. The van der Waals surface area contributed by atoms with Crippen LogP contribution in [0.15, 0.2) is 30.3 Å². The van der Waals surface area contributed by atoms with Crippen LogP contribution >= 0.6 is 0 Å². The summed E-state index contributed by atoms with van der Waals surface area (Å²) in [5, 5.41) is 21.0. The predicted molar refractivity (Wildman–Crippen MR) is 66.6 cm³/mol. The molecule has 0 unspecified atom stereocenters. The highest BCUT2D eigenvalue weighted by molar-refractivity contribution is 5.42. The monoisotopic (exact) mass is 245 g/mol. The first-order valence-corrected chi connectivity index (χ1v) is 6.11. The van der Waals surface area contributed by atoms with E-state index in [9.17, 15) is 0 Å². The fourth-order valence-corrected chi connectivity index (χ4v) is 2.04. The molecule has 1 heterocycles. The summed E-state index contributed by atoms with van der Waals surface area (Å²) < 4.78 is 1.72. The van der Waals surface area contributed by atoms with Crippen LogP contribution in [0.5, 0.6) is 0 Å². The zero-order chi connectivity index (χ0) is 12.4. The van der Waals surface area contributed by atoms with Gasteiger partial charge in [0, 0.05) is 12.6 Å². The number of hydrogen-bond acceptors (Lipinski definition) is 5. The van der Waals surface area contributed by atoms with Crippen molar-refractivity contribution in [2.45, 2.75) is 18.9 Å². The van der Waals surface area contributed by atoms with Crippen molar-refractivity contribution in [1.82, 2.24) is 20.2 Å². The van der Waals surface area contributed by atoms with Crippen LogP contribution in [0, 0.1) is 0 Å². The third-order valence-electron chi connectivity index (χ3n) is 3.04. The average Bonchev–Trinajstić information content (AvgIpc) is 3.14. The van der Waals surface area contributed by atoms with Crippen LogP contribution in [-0.4, -0.2) is 44.5 Å². The Bertz CT molecular complexity index is 508. The SMILES string of the molecule is OCCN(c1nnnn1-c1ccccc1)C1CC1. The molecule has 18 heavy (non-hydrogen) atoms. The molecule has 0 aliphatic heterocycles. The highest BCUT2D eigenvalue weighted by atomic mass is 16.3. The number of tetrazole rings is 1. The van der Waals surface area contributed by atoms with Gasteiger partial charge < -0.3 is 10.0 Å². The van der Waals surface area contributed by atoms with Crippen LogP contribution in [0.1, 0.15) is 12.8 Å². The van der Waals surface area contributed by atoms with E-state index in [1.54, 1.807) is 4.68 Å². The van der Waals surface area contributed by atoms with Gasteiger partial charge in [-0.15, -0.1) is 0 Å². The lowest BCUT2D eigenvalue weighted by Gasteiger charge is -2.21. The Morgan fingerprint density at radius 3 is 2.72 bits per heavy atom. The Morgan fingerprint density at radius 2 is 2.06 bits per heavy atom. The Labute approximate surface area is 105 Å². The predicted octanol–water partition coefficient (Wildman–Crippen LogP) is 0.623. The van der Waals surface area contributed by atoms with Crippen molar-refractivity contribution in [1.29, 1.82) is 0 Å². The zero-order valence-corrected chi connectivity index (χ0v) is 9.98. The number of aromatic nitrogens is 4. The number of nitrogens with zero attached hydrogens (tertiary/aromatic N) is 5. The van der Waals surface area contributed by atoms with Crippen molar-refractivity contribution in [3.63, 3.8) is 0 Å². The third kappa shape index (κ3) is 2.06. The van der Waals surface area contributed by atoms with Crippen molar-refractivity contribution in [3.8, 4) is 5.69 Å². The first-order chi connectivity index (χ1) is 8.90. The summed E-state index contributed by atoms with van der Waals surface area (Å²) in [6.07, 6.45) is 2.28. The van der Waals surface area contributed by atoms with E-state index in [1.807, 2.05) is 30.3 Å². The average molecular weight is 245 g/mol. The van der Waals surface area contributed by atoms with Crippen LogP contribution in [0.25, 0.3) is 5.69 Å². The highest BCUT2D eigenvalue weighted by Gasteiger charge is 2.32. The number of aliphatic hydroxyl groups is 1. The Balaban J connectivity index is 1.95. The molecule has 1 aromatic heterocycles. The van der Waals surface area contributed by atoms with Gasteiger partial charge in [0.05, 0.1) is 12.3 Å². The lowest BCUT2D eigenvalue weighted by atomic mass is 10.3. The third-order valence-corrected chi connectivity index (χ3v) is 3.04. The molecule has 1 N–H and O–H groups in total. The maximum atomic E-state index is 9.15. The van der Waals surface area contributed by atoms with Crippen molar-refractivity contribution < 1.29 is 5.11 Å². The van der Waals surface area contributed by atoms with E-state index in [4.69, 9.17) is 5.11 Å². The zero-order valence-electron chi connectivity index (χ0n) is 9.98. The molecule has 94 valence electrons. The number of hydrogen-bond donors (Lipinski definition) is 1. The molecule has 0 spiro atoms. The van der Waals surface area contributed by atoms with Gasteiger partial charge in [0.25, 0.3) is 5.95 Å². The summed E-state index contributed by atoms with van der Waals surface area (Å²) in [7, 11) is 0. The summed E-state index contributed by atoms with van der Waals surface area (Å²) >= 11 is 0. The van der Waals surface area contributed by atoms with E-state index in [-0.39, 0.29) is 6.61 Å². The lowest BCUT2D eigenvalue weighted by Crippen LogP contribution is -2.31. The first kappa shape index (κ1) is 11.2. The topological polar surface area (TPSA) is 67.1 Å². The van der Waals surface area contributed by atoms with E-state index in [0.29, 0.717) is 18.5 Å². The minimum Gasteiger partial charge on any atom is -0.395 e. The highest BCUT2D eigenvalue weighted by Crippen LogP contribution is 2.30. The number of para-hydroxylation sites is 1. The molecule has 1 aromatic carbocycles. The van der Waals surface area contributed by atoms with Gasteiger partial charge in [-0.2, -0.15) is 4.68 Å². The molecule has 1 saturated carbocycles. The van der Waals surface area contributed by atoms with Crippen LogP contribution in [-0.2, 0) is 0 Å². The fraction of sp³-hybridized carbons (Fsp3) is 0.417. The molecule has 3 rings (SSSR count). The minimum atomic E-state index is 0.109. The quantitative estimate of drug-likeness (QED) is 0.836. The number of rotatable bonds is 5. The largest absolute Gasteiger partial charge is 0.395 e. The summed E-state index contributed by atoms with van der Waals surface area (Å²) in [5.74, 6) is 0.706. The fourth-order valence-electron chi connectivity index (χ4n) is 2.04. The second-order valence-electron chi connectivity index (χ2n) is 4.37. The summed E-state index contributed by atoms with van der Waals surface area (Å²) in [6.45, 7) is 0.677. The molecule has 0 saturated heterocycles. The van der Waals surface area contributed by atoms with Gasteiger partial charge in [-0.25, -0.2) is 0 Å². The van der Waals surface area contributed by atoms with E-state index in [2.05, 4.69) is 20.4 Å². The van der Waals surface area contributed by atoms with Gasteiger partial charge in [0.2, 0.25) is 0 Å². The minimum absolute atomic E-state index is 0.109. The van der Waals surface area contributed by atoms with Gasteiger partial charge in [-0.05, 0) is 35.4 Å². The van der Waals surface area contributed by atoms with Gasteiger partial charge in [0.1, 0.15) is 0 Å². The molecular formula is C12H15N5O. The molecule has 2 aromatic rings. The normalized spacial score (nSPS) is 14.7. The van der Waals surface area contributed by atoms with E-state index >= 15 is 0 Å². The summed E-state index contributed by atoms with van der Waals surface area (Å²) in [5.41, 5.74) is 0.932. The van der Waals surface area contributed by atoms with Gasteiger partial charge >= 0.3 is 0 Å². The van der Waals surface area contributed by atoms with Crippen LogP contribution in [0.3, 0.4) is 0 Å².